The van der Waals surface area contributed by atoms with Gasteiger partial charge in [0.2, 0.25) is 5.88 Å². The number of hydrogen-bond acceptors (Lipinski definition) is 5. The van der Waals surface area contributed by atoms with Crippen molar-refractivity contribution in [3.05, 3.63) is 11.3 Å². The summed E-state index contributed by atoms with van der Waals surface area (Å²) in [4.78, 5) is 22.9. The Kier molecular flexibility index (Phi) is 2.12. The number of hydrogen-bond donors (Lipinski definition) is 1. The van der Waals surface area contributed by atoms with Crippen molar-refractivity contribution in [3.63, 3.8) is 0 Å². The van der Waals surface area contributed by atoms with Gasteiger partial charge in [-0.2, -0.15) is 0 Å². The average molecular weight is 217 g/mol. The lowest BCUT2D eigenvalue weighted by atomic mass is 10.1. The van der Waals surface area contributed by atoms with Gasteiger partial charge in [0, 0.05) is 12.5 Å². The average Bonchev–Trinajstić information content (AvgIpc) is 2.43. The van der Waals surface area contributed by atoms with E-state index in [1.165, 1.54) is 29.2 Å². The molecule has 1 saturated heterocycles. The summed E-state index contributed by atoms with van der Waals surface area (Å²) in [6.07, 6.45) is -1.92. The number of rotatable bonds is 2. The molecule has 0 saturated carbocycles. The quantitative estimate of drug-likeness (QED) is 0.533. The van der Waals surface area contributed by atoms with E-state index in [4.69, 9.17) is 9.84 Å². The molecular formula is C7H7NO5S. The fourth-order valence-electron chi connectivity index (χ4n) is 1.37. The second-order valence-corrected chi connectivity index (χ2v) is 3.71. The van der Waals surface area contributed by atoms with E-state index in [2.05, 4.69) is 4.74 Å². The Bertz CT molecular complexity index is 328. The first-order valence-corrected chi connectivity index (χ1v) is 4.71. The van der Waals surface area contributed by atoms with Crippen LogP contribution in [0.2, 0.25) is 0 Å². The number of β-lactam (4-membered cyclic amide) rings is 1. The van der Waals surface area contributed by atoms with Crippen molar-refractivity contribution in [1.82, 2.24) is 4.90 Å². The number of carboxylic acid groups (broad SMARTS) is 1. The SMILES string of the molecule is COC1C(=O)N2C(OC(=O)O)=CS[C@@H]12. The molecule has 0 bridgehead atoms. The summed E-state index contributed by atoms with van der Waals surface area (Å²) in [5, 5.41) is 9.69. The molecule has 2 atom stereocenters. The zero-order chi connectivity index (χ0) is 10.3. The summed E-state index contributed by atoms with van der Waals surface area (Å²) < 4.78 is 9.33. The van der Waals surface area contributed by atoms with E-state index in [-0.39, 0.29) is 17.2 Å². The Morgan fingerprint density at radius 1 is 1.71 bits per heavy atom. The largest absolute Gasteiger partial charge is 0.512 e. The van der Waals surface area contributed by atoms with Crippen molar-refractivity contribution < 1.29 is 24.2 Å². The zero-order valence-electron chi connectivity index (χ0n) is 7.17. The number of amides is 1. The van der Waals surface area contributed by atoms with E-state index in [0.717, 1.165) is 0 Å². The van der Waals surface area contributed by atoms with Gasteiger partial charge in [-0.3, -0.25) is 9.69 Å². The molecule has 2 aliphatic rings. The second-order valence-electron chi connectivity index (χ2n) is 2.72. The maximum absolute atomic E-state index is 11.3. The van der Waals surface area contributed by atoms with Crippen LogP contribution in [-0.4, -0.2) is 40.7 Å². The summed E-state index contributed by atoms with van der Waals surface area (Å²) in [7, 11) is 1.44. The molecule has 1 unspecified atom stereocenters. The molecule has 0 aromatic heterocycles. The summed E-state index contributed by atoms with van der Waals surface area (Å²) in [5.41, 5.74) is 0. The van der Waals surface area contributed by atoms with Crippen LogP contribution in [0.4, 0.5) is 4.79 Å². The first-order valence-electron chi connectivity index (χ1n) is 3.77. The number of methoxy groups -OCH3 is 1. The number of ether oxygens (including phenoxy) is 2. The van der Waals surface area contributed by atoms with Gasteiger partial charge in [-0.25, -0.2) is 4.79 Å². The minimum Gasteiger partial charge on any atom is -0.449 e. The summed E-state index contributed by atoms with van der Waals surface area (Å²) in [5.74, 6) is -0.208. The van der Waals surface area contributed by atoms with Crippen LogP contribution >= 0.6 is 11.8 Å². The van der Waals surface area contributed by atoms with Gasteiger partial charge in [0.15, 0.2) is 6.10 Å². The van der Waals surface area contributed by atoms with Gasteiger partial charge in [0.25, 0.3) is 5.91 Å². The first-order chi connectivity index (χ1) is 6.65. The fourth-order valence-corrected chi connectivity index (χ4v) is 2.49. The zero-order valence-corrected chi connectivity index (χ0v) is 7.98. The molecule has 1 fully saturated rings. The molecule has 7 heteroatoms. The smallest absolute Gasteiger partial charge is 0.449 e. The molecule has 1 amide bonds. The minimum atomic E-state index is -1.42. The van der Waals surface area contributed by atoms with Gasteiger partial charge in [-0.05, 0) is 0 Å². The Morgan fingerprint density at radius 2 is 2.43 bits per heavy atom. The molecule has 0 spiro atoms. The van der Waals surface area contributed by atoms with E-state index in [0.29, 0.717) is 0 Å². The van der Waals surface area contributed by atoms with Crippen molar-refractivity contribution in [2.75, 3.05) is 7.11 Å². The molecule has 14 heavy (non-hydrogen) atoms. The van der Waals surface area contributed by atoms with Gasteiger partial charge in [-0.15, -0.1) is 0 Å². The van der Waals surface area contributed by atoms with E-state index in [9.17, 15) is 9.59 Å². The summed E-state index contributed by atoms with van der Waals surface area (Å²) >= 11 is 1.31. The van der Waals surface area contributed by atoms with Gasteiger partial charge in [-0.1, -0.05) is 11.8 Å². The predicted octanol–water partition coefficient (Wildman–Crippen LogP) is 0.410. The van der Waals surface area contributed by atoms with E-state index in [1.54, 1.807) is 0 Å². The van der Waals surface area contributed by atoms with Crippen LogP contribution in [0.1, 0.15) is 0 Å². The van der Waals surface area contributed by atoms with E-state index < -0.39 is 12.3 Å². The fraction of sp³-hybridized carbons (Fsp3) is 0.429. The van der Waals surface area contributed by atoms with Crippen molar-refractivity contribution in [2.45, 2.75) is 11.5 Å². The van der Waals surface area contributed by atoms with Gasteiger partial charge >= 0.3 is 6.16 Å². The molecule has 0 aromatic carbocycles. The second kappa shape index (κ2) is 3.18. The maximum Gasteiger partial charge on any atom is 0.512 e. The molecule has 0 aromatic rings. The van der Waals surface area contributed by atoms with Crippen LogP contribution in [-0.2, 0) is 14.3 Å². The number of nitrogens with zero attached hydrogens (tertiary/aromatic N) is 1. The van der Waals surface area contributed by atoms with Crippen molar-refractivity contribution in [2.24, 2.45) is 0 Å². The molecule has 1 N–H and O–H groups in total. The number of carbonyl (C=O) groups is 2. The Labute approximate surface area is 83.5 Å². The number of fused-ring (bicyclic) bond motifs is 1. The highest BCUT2D eigenvalue weighted by Gasteiger charge is 2.53. The minimum absolute atomic E-state index is 0.0609. The lowest BCUT2D eigenvalue weighted by molar-refractivity contribution is -0.161. The highest BCUT2D eigenvalue weighted by Crippen LogP contribution is 2.42. The van der Waals surface area contributed by atoms with Crippen LogP contribution in [0.15, 0.2) is 11.3 Å². The molecule has 2 rings (SSSR count). The van der Waals surface area contributed by atoms with Crippen molar-refractivity contribution in [3.8, 4) is 0 Å². The lowest BCUT2D eigenvalue weighted by Gasteiger charge is -2.40. The van der Waals surface area contributed by atoms with E-state index in [1.807, 2.05) is 0 Å². The third-order valence-corrected chi connectivity index (χ3v) is 3.06. The topological polar surface area (TPSA) is 76.1 Å². The van der Waals surface area contributed by atoms with Gasteiger partial charge in [0.05, 0.1) is 0 Å². The highest BCUT2D eigenvalue weighted by atomic mass is 32.2. The van der Waals surface area contributed by atoms with Crippen LogP contribution in [0.25, 0.3) is 0 Å². The monoisotopic (exact) mass is 217 g/mol. The Hall–Kier alpha value is -1.21. The van der Waals surface area contributed by atoms with Crippen molar-refractivity contribution in [1.29, 1.82) is 0 Å². The number of thioether (sulfide) groups is 1. The molecule has 0 aliphatic carbocycles. The van der Waals surface area contributed by atoms with E-state index >= 15 is 0 Å². The molecular weight excluding hydrogens is 210 g/mol. The first kappa shape index (κ1) is 9.35. The summed E-state index contributed by atoms with van der Waals surface area (Å²) in [6, 6.07) is 0. The van der Waals surface area contributed by atoms with Crippen LogP contribution < -0.4 is 0 Å². The van der Waals surface area contributed by atoms with Crippen molar-refractivity contribution >= 4 is 23.8 Å². The molecule has 2 heterocycles. The van der Waals surface area contributed by atoms with Gasteiger partial charge < -0.3 is 14.6 Å². The lowest BCUT2D eigenvalue weighted by Crippen LogP contribution is -2.61. The molecule has 2 aliphatic heterocycles. The third kappa shape index (κ3) is 1.17. The highest BCUT2D eigenvalue weighted by molar-refractivity contribution is 8.03. The van der Waals surface area contributed by atoms with Crippen LogP contribution in [0.5, 0.6) is 0 Å². The van der Waals surface area contributed by atoms with Crippen LogP contribution in [0.3, 0.4) is 0 Å². The van der Waals surface area contributed by atoms with Gasteiger partial charge in [0.1, 0.15) is 5.37 Å². The predicted molar refractivity (Wildman–Crippen MR) is 46.2 cm³/mol. The Morgan fingerprint density at radius 3 is 3.00 bits per heavy atom. The molecule has 0 radical (unpaired) electrons. The molecule has 76 valence electrons. The third-order valence-electron chi connectivity index (χ3n) is 1.99. The maximum atomic E-state index is 11.3. The Balaban J connectivity index is 2.06. The van der Waals surface area contributed by atoms with Crippen LogP contribution in [0, 0.1) is 0 Å². The normalized spacial score (nSPS) is 29.4. The standard InChI is InChI=1S/C7H7NO5S/c1-12-4-5(9)8-3(13-7(10)11)2-14-6(4)8/h2,4,6H,1H3,(H,10,11)/t4?,6-/m0/s1. The number of carbonyl (C=O) groups excluding carboxylic acids is 1. The molecule has 6 nitrogen and oxygen atoms in total. The summed E-state index contributed by atoms with van der Waals surface area (Å²) in [6.45, 7) is 0.